The average Bonchev–Trinajstić information content (AvgIpc) is 3.27. The van der Waals surface area contributed by atoms with Gasteiger partial charge in [-0.3, -0.25) is 9.78 Å². The number of carbonyl (C=O) groups is 1. The van der Waals surface area contributed by atoms with E-state index in [0.29, 0.717) is 11.3 Å². The summed E-state index contributed by atoms with van der Waals surface area (Å²) in [4.78, 5) is 16.0. The minimum Gasteiger partial charge on any atom is -0.287 e. The van der Waals surface area contributed by atoms with Crippen LogP contribution in [0.5, 0.6) is 0 Å². The SMILES string of the molecule is FC(F)(F)c1cc([B-](c2cc(C(F)(F)F)cc(C(F)(F)F)c2)(c2cc(C(F)(F)F)cc(C(F)(F)F)c2)c2cc(C(F)(F)F)cc(C(F)(F)F)c2)cc(C(F)(F)F)c1.O=C(C[n+]1ccncc1C(Cl)(Cl)Cl)c1ccccc1. The summed E-state index contributed by atoms with van der Waals surface area (Å²) in [5.74, 6) is -0.0627. The molecule has 410 valence electrons. The summed E-state index contributed by atoms with van der Waals surface area (Å²) in [7, 11) is 0. The van der Waals surface area contributed by atoms with Crippen LogP contribution in [0.3, 0.4) is 0 Å². The van der Waals surface area contributed by atoms with Crippen molar-refractivity contribution in [2.75, 3.05) is 0 Å². The predicted octanol–water partition coefficient (Wildman–Crippen LogP) is 14.3. The lowest BCUT2D eigenvalue weighted by molar-refractivity contribution is -0.691. The molecule has 0 bridgehead atoms. The largest absolute Gasteiger partial charge is 0.416 e. The first-order valence-electron chi connectivity index (χ1n) is 20.1. The van der Waals surface area contributed by atoms with Crippen LogP contribution in [0.2, 0.25) is 0 Å². The van der Waals surface area contributed by atoms with E-state index in [2.05, 4.69) is 4.98 Å². The van der Waals surface area contributed by atoms with E-state index < -0.39 is 199 Å². The number of rotatable bonds is 7. The molecule has 0 saturated heterocycles. The number of aromatic nitrogens is 2. The fraction of sp³-hybridized carbons (Fsp3) is 0.222. The molecule has 0 unspecified atom stereocenters. The van der Waals surface area contributed by atoms with Gasteiger partial charge in [0, 0.05) is 5.56 Å². The van der Waals surface area contributed by atoms with E-state index in [-0.39, 0.29) is 12.3 Å². The first-order valence-corrected chi connectivity index (χ1v) is 21.2. The van der Waals surface area contributed by atoms with Gasteiger partial charge in [0.25, 0.3) is 9.49 Å². The minimum atomic E-state index is -6.13. The summed E-state index contributed by atoms with van der Waals surface area (Å²) in [5.41, 5.74) is -29.2. The highest BCUT2D eigenvalue weighted by Crippen LogP contribution is 2.42. The number of hydrogen-bond donors (Lipinski definition) is 0. The van der Waals surface area contributed by atoms with Gasteiger partial charge in [-0.05, 0) is 24.3 Å². The fourth-order valence-electron chi connectivity index (χ4n) is 7.70. The van der Waals surface area contributed by atoms with Crippen LogP contribution >= 0.6 is 34.8 Å². The molecule has 1 aromatic heterocycles. The molecular formula is C45H22BCl3F24N2O. The van der Waals surface area contributed by atoms with Crippen LogP contribution in [-0.2, 0) is 59.7 Å². The van der Waals surface area contributed by atoms with E-state index in [1.807, 2.05) is 6.07 Å². The minimum absolute atomic E-state index is 0.0627. The Hall–Kier alpha value is -5.90. The Morgan fingerprint density at radius 3 is 0.882 bits per heavy atom. The molecule has 3 nitrogen and oxygen atoms in total. The van der Waals surface area contributed by atoms with Crippen LogP contribution in [0.4, 0.5) is 105 Å². The van der Waals surface area contributed by atoms with Crippen molar-refractivity contribution in [2.24, 2.45) is 0 Å². The Labute approximate surface area is 424 Å². The van der Waals surface area contributed by atoms with Crippen molar-refractivity contribution in [3.8, 4) is 0 Å². The second-order valence-corrected chi connectivity index (χ2v) is 18.4. The zero-order valence-corrected chi connectivity index (χ0v) is 38.6. The molecule has 0 aliphatic rings. The number of carbonyl (C=O) groups excluding carboxylic acids is 1. The van der Waals surface area contributed by atoms with Gasteiger partial charge in [0.2, 0.25) is 12.3 Å². The van der Waals surface area contributed by atoms with Crippen molar-refractivity contribution in [1.29, 1.82) is 0 Å². The third-order valence-electron chi connectivity index (χ3n) is 11.0. The molecule has 0 aliphatic heterocycles. The number of halogens is 27. The molecular weight excluding hydrogens is 1160 g/mol. The summed E-state index contributed by atoms with van der Waals surface area (Å²) < 4.78 is 341. The number of hydrogen-bond acceptors (Lipinski definition) is 2. The molecule has 0 atom stereocenters. The van der Waals surface area contributed by atoms with Crippen LogP contribution in [0.25, 0.3) is 0 Å². The van der Waals surface area contributed by atoms with Gasteiger partial charge in [0.15, 0.2) is 6.20 Å². The monoisotopic (exact) mass is 1180 g/mol. The fourth-order valence-corrected chi connectivity index (χ4v) is 8.17. The average molecular weight is 1180 g/mol. The second-order valence-electron chi connectivity index (χ2n) is 16.1. The second kappa shape index (κ2) is 20.8. The molecule has 0 spiro atoms. The highest BCUT2D eigenvalue weighted by Gasteiger charge is 2.47. The van der Waals surface area contributed by atoms with Gasteiger partial charge < -0.3 is 0 Å². The van der Waals surface area contributed by atoms with Gasteiger partial charge in [-0.15, -0.1) is 0 Å². The Morgan fingerprint density at radius 1 is 0.408 bits per heavy atom. The van der Waals surface area contributed by atoms with E-state index in [1.54, 1.807) is 35.0 Å². The van der Waals surface area contributed by atoms with Crippen LogP contribution in [-0.4, -0.2) is 16.9 Å². The van der Waals surface area contributed by atoms with Crippen molar-refractivity contribution in [3.63, 3.8) is 0 Å². The molecule has 0 fully saturated rings. The van der Waals surface area contributed by atoms with Gasteiger partial charge in [0.05, 0.1) is 56.9 Å². The summed E-state index contributed by atoms with van der Waals surface area (Å²) in [5, 5.41) is 0. The zero-order valence-electron chi connectivity index (χ0n) is 36.3. The molecule has 31 heteroatoms. The molecule has 0 radical (unpaired) electrons. The van der Waals surface area contributed by atoms with Crippen molar-refractivity contribution in [2.45, 2.75) is 59.7 Å². The summed E-state index contributed by atoms with van der Waals surface area (Å²) in [6.07, 6.45) is -50.2. The highest BCUT2D eigenvalue weighted by atomic mass is 35.6. The van der Waals surface area contributed by atoms with Crippen molar-refractivity contribution >= 4 is 68.6 Å². The van der Waals surface area contributed by atoms with Gasteiger partial charge in [-0.2, -0.15) is 132 Å². The zero-order chi connectivity index (χ0) is 57.8. The topological polar surface area (TPSA) is 33.8 Å². The van der Waals surface area contributed by atoms with Gasteiger partial charge >= 0.3 is 49.4 Å². The van der Waals surface area contributed by atoms with Crippen LogP contribution in [0.1, 0.15) is 60.6 Å². The number of Topliss-reactive ketones (excluding diaryl/α,β-unsaturated/α-hetero) is 1. The first-order chi connectivity index (χ1) is 34.2. The molecule has 76 heavy (non-hydrogen) atoms. The summed E-state index contributed by atoms with van der Waals surface area (Å²) in [6.45, 7) is 0.0930. The number of nitrogens with zero attached hydrogens (tertiary/aromatic N) is 2. The number of alkyl halides is 27. The Morgan fingerprint density at radius 2 is 0.658 bits per heavy atom. The van der Waals surface area contributed by atoms with E-state index in [4.69, 9.17) is 34.8 Å². The molecule has 6 aromatic rings. The molecule has 5 aromatic carbocycles. The van der Waals surface area contributed by atoms with Crippen molar-refractivity contribution in [1.82, 2.24) is 4.98 Å². The third-order valence-corrected chi connectivity index (χ3v) is 11.6. The lowest BCUT2D eigenvalue weighted by Gasteiger charge is -2.46. The first kappa shape index (κ1) is 61.0. The predicted molar refractivity (Wildman–Crippen MR) is 225 cm³/mol. The van der Waals surface area contributed by atoms with E-state index in [0.717, 1.165) is 0 Å². The van der Waals surface area contributed by atoms with Crippen molar-refractivity contribution in [3.05, 3.63) is 177 Å². The van der Waals surface area contributed by atoms with E-state index in [9.17, 15) is 110 Å². The quantitative estimate of drug-likeness (QED) is 0.0525. The molecule has 0 N–H and O–H groups in total. The molecule has 6 rings (SSSR count). The van der Waals surface area contributed by atoms with E-state index >= 15 is 0 Å². The molecule has 1 heterocycles. The van der Waals surface area contributed by atoms with Gasteiger partial charge in [-0.1, -0.05) is 114 Å². The maximum absolute atomic E-state index is 14.2. The molecule has 0 saturated carbocycles. The Kier molecular flexibility index (Phi) is 16.7. The third kappa shape index (κ3) is 14.2. The number of benzene rings is 5. The van der Waals surface area contributed by atoms with Gasteiger partial charge in [0.1, 0.15) is 6.15 Å². The van der Waals surface area contributed by atoms with Crippen LogP contribution in [0.15, 0.2) is 122 Å². The summed E-state index contributed by atoms with van der Waals surface area (Å²) in [6, 6.07) is 0.150. The standard InChI is InChI=1S/C32H12BF24.C13H10Cl3N2O/c34-25(35,36)13-1-14(26(37,38)39)6-21(5-13)33(22-7-15(27(40,41)42)2-16(8-22)28(43,44)45,23-9-17(29(46,47)48)3-18(10-23)30(49,50)51)24-11-19(31(52,53)54)4-20(12-24)32(55,56)57;14-13(15,16)12-8-17-6-7-18(12)9-11(19)10-4-2-1-3-5-10/h1-12H;1-8H,9H2/q-1;+1. The maximum Gasteiger partial charge on any atom is 0.416 e. The molecule has 0 amide bonds. The Balaban J connectivity index is 0.000000468. The molecule has 0 aliphatic carbocycles. The maximum atomic E-state index is 14.2. The Bertz CT molecular complexity index is 2640. The van der Waals surface area contributed by atoms with Crippen LogP contribution in [0, 0.1) is 0 Å². The number of ketones is 1. The lowest BCUT2D eigenvalue weighted by atomic mass is 9.12. The highest BCUT2D eigenvalue weighted by molar-refractivity contribution is 7.20. The smallest absolute Gasteiger partial charge is 0.287 e. The van der Waals surface area contributed by atoms with Crippen molar-refractivity contribution < 1.29 is 115 Å². The van der Waals surface area contributed by atoms with Crippen LogP contribution < -0.4 is 26.4 Å². The summed E-state index contributed by atoms with van der Waals surface area (Å²) >= 11 is 17.6. The normalized spacial score (nSPS) is 13.6. The van der Waals surface area contributed by atoms with Gasteiger partial charge in [-0.25, -0.2) is 0 Å². The lowest BCUT2D eigenvalue weighted by Crippen LogP contribution is -2.75. The van der Waals surface area contributed by atoms with E-state index in [1.165, 1.54) is 12.4 Å².